The number of nitrogens with zero attached hydrogens (tertiary/aromatic N) is 2. The zero-order chi connectivity index (χ0) is 9.54. The van der Waals surface area contributed by atoms with Gasteiger partial charge in [0.05, 0.1) is 11.0 Å². The Bertz CT molecular complexity index is 421. The molecule has 0 spiro atoms. The van der Waals surface area contributed by atoms with Gasteiger partial charge in [0.1, 0.15) is 5.82 Å². The summed E-state index contributed by atoms with van der Waals surface area (Å²) in [5.74, 6) is 1.75. The first-order valence-corrected chi connectivity index (χ1v) is 4.96. The molecule has 0 amide bonds. The van der Waals surface area contributed by atoms with E-state index in [1.807, 2.05) is 12.1 Å². The molecule has 3 rings (SSSR count). The minimum Gasteiger partial charge on any atom is -0.342 e. The van der Waals surface area contributed by atoms with Crippen LogP contribution in [0.25, 0.3) is 11.0 Å². The van der Waals surface area contributed by atoms with Gasteiger partial charge in [0, 0.05) is 19.0 Å². The van der Waals surface area contributed by atoms with Crippen molar-refractivity contribution in [2.75, 3.05) is 20.1 Å². The summed E-state index contributed by atoms with van der Waals surface area (Å²) >= 11 is 0. The van der Waals surface area contributed by atoms with Gasteiger partial charge in [0.25, 0.3) is 0 Å². The van der Waals surface area contributed by atoms with Gasteiger partial charge < -0.3 is 9.88 Å². The summed E-state index contributed by atoms with van der Waals surface area (Å²) in [5.41, 5.74) is 2.23. The Balaban J connectivity index is 1.99. The molecule has 1 aliphatic heterocycles. The number of aromatic amines is 1. The van der Waals surface area contributed by atoms with Gasteiger partial charge in [-0.15, -0.1) is 0 Å². The maximum atomic E-state index is 4.59. The summed E-state index contributed by atoms with van der Waals surface area (Å²) < 4.78 is 0. The van der Waals surface area contributed by atoms with Crippen molar-refractivity contribution in [1.29, 1.82) is 0 Å². The van der Waals surface area contributed by atoms with Crippen LogP contribution < -0.4 is 0 Å². The molecule has 0 unspecified atom stereocenters. The lowest BCUT2D eigenvalue weighted by molar-refractivity contribution is 0.184. The second-order valence-electron chi connectivity index (χ2n) is 4.06. The van der Waals surface area contributed by atoms with E-state index in [1.165, 1.54) is 0 Å². The molecule has 0 saturated carbocycles. The number of nitrogens with one attached hydrogen (secondary N) is 1. The average molecular weight is 187 g/mol. The van der Waals surface area contributed by atoms with Crippen molar-refractivity contribution < 1.29 is 0 Å². The third kappa shape index (κ3) is 1.13. The van der Waals surface area contributed by atoms with Gasteiger partial charge in [0.15, 0.2) is 0 Å². The van der Waals surface area contributed by atoms with E-state index in [0.29, 0.717) is 5.92 Å². The Morgan fingerprint density at radius 1 is 1.36 bits per heavy atom. The highest BCUT2D eigenvalue weighted by Crippen LogP contribution is 2.24. The van der Waals surface area contributed by atoms with Crippen molar-refractivity contribution >= 4 is 11.0 Å². The van der Waals surface area contributed by atoms with Crippen molar-refractivity contribution in [1.82, 2.24) is 14.9 Å². The van der Waals surface area contributed by atoms with E-state index in [2.05, 4.69) is 34.0 Å². The summed E-state index contributed by atoms with van der Waals surface area (Å²) in [6.07, 6.45) is 0. The largest absolute Gasteiger partial charge is 0.342 e. The Kier molecular flexibility index (Phi) is 1.61. The number of para-hydroxylation sites is 2. The summed E-state index contributed by atoms with van der Waals surface area (Å²) in [7, 11) is 2.14. The lowest BCUT2D eigenvalue weighted by Gasteiger charge is -2.34. The fourth-order valence-electron chi connectivity index (χ4n) is 2.04. The second kappa shape index (κ2) is 2.82. The average Bonchev–Trinajstić information content (AvgIpc) is 2.55. The van der Waals surface area contributed by atoms with Crippen molar-refractivity contribution in [2.24, 2.45) is 0 Å². The number of rotatable bonds is 1. The van der Waals surface area contributed by atoms with Crippen LogP contribution in [0, 0.1) is 0 Å². The molecule has 1 fully saturated rings. The topological polar surface area (TPSA) is 31.9 Å². The summed E-state index contributed by atoms with van der Waals surface area (Å²) in [5, 5.41) is 0. The molecule has 1 aliphatic rings. The predicted molar refractivity (Wildman–Crippen MR) is 56.3 cm³/mol. The molecule has 1 N–H and O–H groups in total. The van der Waals surface area contributed by atoms with Gasteiger partial charge in [-0.1, -0.05) is 12.1 Å². The van der Waals surface area contributed by atoms with E-state index in [-0.39, 0.29) is 0 Å². The number of hydrogen-bond acceptors (Lipinski definition) is 2. The number of benzene rings is 1. The highest BCUT2D eigenvalue weighted by Gasteiger charge is 2.27. The van der Waals surface area contributed by atoms with Gasteiger partial charge in [-0.25, -0.2) is 4.98 Å². The van der Waals surface area contributed by atoms with E-state index < -0.39 is 0 Å². The molecule has 72 valence electrons. The van der Waals surface area contributed by atoms with Crippen LogP contribution in [0.4, 0.5) is 0 Å². The smallest absolute Gasteiger partial charge is 0.112 e. The lowest BCUT2D eigenvalue weighted by atomic mass is 10.0. The number of aromatic nitrogens is 2. The molecule has 3 heteroatoms. The molecular formula is C11H13N3. The SMILES string of the molecule is CN1CC(c2nc3ccccc3[nH]2)C1. The molecule has 2 heterocycles. The van der Waals surface area contributed by atoms with Crippen molar-refractivity contribution in [2.45, 2.75) is 5.92 Å². The van der Waals surface area contributed by atoms with Gasteiger partial charge in [-0.05, 0) is 19.2 Å². The summed E-state index contributed by atoms with van der Waals surface area (Å²) in [4.78, 5) is 10.3. The van der Waals surface area contributed by atoms with E-state index in [0.717, 1.165) is 29.9 Å². The van der Waals surface area contributed by atoms with Gasteiger partial charge in [-0.2, -0.15) is 0 Å². The van der Waals surface area contributed by atoms with E-state index in [4.69, 9.17) is 0 Å². The fourth-order valence-corrected chi connectivity index (χ4v) is 2.04. The molecular weight excluding hydrogens is 174 g/mol. The monoisotopic (exact) mass is 187 g/mol. The maximum Gasteiger partial charge on any atom is 0.112 e. The van der Waals surface area contributed by atoms with Crippen LogP contribution in [0.1, 0.15) is 11.7 Å². The highest BCUT2D eigenvalue weighted by atomic mass is 15.2. The molecule has 3 nitrogen and oxygen atoms in total. The number of H-pyrrole nitrogens is 1. The minimum atomic E-state index is 0.604. The Morgan fingerprint density at radius 3 is 2.86 bits per heavy atom. The van der Waals surface area contributed by atoms with Crippen LogP contribution in [0.5, 0.6) is 0 Å². The number of likely N-dealkylation sites (tertiary alicyclic amines) is 1. The minimum absolute atomic E-state index is 0.604. The normalized spacial score (nSPS) is 18.6. The third-order valence-corrected chi connectivity index (χ3v) is 2.86. The van der Waals surface area contributed by atoms with Crippen LogP contribution in [0.15, 0.2) is 24.3 Å². The van der Waals surface area contributed by atoms with E-state index in [1.54, 1.807) is 0 Å². The highest BCUT2D eigenvalue weighted by molar-refractivity contribution is 5.74. The van der Waals surface area contributed by atoms with Crippen LogP contribution >= 0.6 is 0 Å². The molecule has 1 aromatic heterocycles. The standard InChI is InChI=1S/C11H13N3/c1-14-6-8(7-14)11-12-9-4-2-3-5-10(9)13-11/h2-5,8H,6-7H2,1H3,(H,12,13). The number of fused-ring (bicyclic) bond motifs is 1. The van der Waals surface area contributed by atoms with Crippen molar-refractivity contribution in [3.63, 3.8) is 0 Å². The number of hydrogen-bond donors (Lipinski definition) is 1. The fraction of sp³-hybridized carbons (Fsp3) is 0.364. The van der Waals surface area contributed by atoms with E-state index >= 15 is 0 Å². The molecule has 2 aromatic rings. The molecule has 0 atom stereocenters. The van der Waals surface area contributed by atoms with Gasteiger partial charge in [0.2, 0.25) is 0 Å². The van der Waals surface area contributed by atoms with E-state index in [9.17, 15) is 0 Å². The second-order valence-corrected chi connectivity index (χ2v) is 4.06. The van der Waals surface area contributed by atoms with Crippen LogP contribution in [-0.4, -0.2) is 35.0 Å². The number of likely N-dealkylation sites (N-methyl/N-ethyl adjacent to an activating group) is 1. The molecule has 1 saturated heterocycles. The predicted octanol–water partition coefficient (Wildman–Crippen LogP) is 1.59. The van der Waals surface area contributed by atoms with Gasteiger partial charge in [-0.3, -0.25) is 0 Å². The first-order valence-electron chi connectivity index (χ1n) is 4.96. The Morgan fingerprint density at radius 2 is 2.14 bits per heavy atom. The number of imidazole rings is 1. The maximum absolute atomic E-state index is 4.59. The first-order chi connectivity index (χ1) is 6.83. The Hall–Kier alpha value is -1.35. The first kappa shape index (κ1) is 8.00. The lowest BCUT2D eigenvalue weighted by Crippen LogP contribution is -2.42. The zero-order valence-electron chi connectivity index (χ0n) is 8.20. The van der Waals surface area contributed by atoms with Crippen LogP contribution in [0.2, 0.25) is 0 Å². The van der Waals surface area contributed by atoms with Crippen LogP contribution in [-0.2, 0) is 0 Å². The molecule has 0 bridgehead atoms. The molecule has 1 aromatic carbocycles. The quantitative estimate of drug-likeness (QED) is 0.735. The summed E-state index contributed by atoms with van der Waals surface area (Å²) in [6.45, 7) is 2.25. The Labute approximate surface area is 82.8 Å². The summed E-state index contributed by atoms with van der Waals surface area (Å²) in [6, 6.07) is 8.20. The molecule has 0 aliphatic carbocycles. The van der Waals surface area contributed by atoms with Crippen molar-refractivity contribution in [3.05, 3.63) is 30.1 Å². The van der Waals surface area contributed by atoms with Gasteiger partial charge >= 0.3 is 0 Å². The molecule has 14 heavy (non-hydrogen) atoms. The third-order valence-electron chi connectivity index (χ3n) is 2.86. The van der Waals surface area contributed by atoms with Crippen LogP contribution in [0.3, 0.4) is 0 Å². The van der Waals surface area contributed by atoms with Crippen molar-refractivity contribution in [3.8, 4) is 0 Å². The molecule has 0 radical (unpaired) electrons. The zero-order valence-corrected chi connectivity index (χ0v) is 8.20.